The number of nitrogens with one attached hydrogen (secondary N) is 1. The molecule has 24 atom stereocenters. The monoisotopic (exact) mass is 1500 g/mol. The van der Waals surface area contributed by atoms with Crippen LogP contribution in [0, 0.1) is 139 Å². The topological polar surface area (TPSA) is 215 Å². The van der Waals surface area contributed by atoms with Crippen LogP contribution in [0.5, 0.6) is 0 Å². The average molecular weight is 1500 g/mol. The number of alkyl halides is 1. The second-order valence-electron chi connectivity index (χ2n) is 38.3. The summed E-state index contributed by atoms with van der Waals surface area (Å²) in [6, 6.07) is 14.2. The number of carbonyl (C=O) groups excluding carboxylic acids is 3. The van der Waals surface area contributed by atoms with E-state index in [1.165, 1.54) is 100 Å². The number of aromatic amines is 1. The van der Waals surface area contributed by atoms with E-state index in [-0.39, 0.29) is 82.9 Å². The average Bonchev–Trinajstić information content (AvgIpc) is 1.41. The molecular formula is C85H119BrF3N9O6. The highest BCUT2D eigenvalue weighted by molar-refractivity contribution is 9.09. The minimum Gasteiger partial charge on any atom is -0.390 e. The molecule has 4 N–H and O–H groups in total. The van der Waals surface area contributed by atoms with E-state index in [1.54, 1.807) is 41.1 Å². The molecule has 568 valence electrons. The molecule has 0 saturated heterocycles. The van der Waals surface area contributed by atoms with Gasteiger partial charge in [0.25, 0.3) is 0 Å². The van der Waals surface area contributed by atoms with Crippen molar-refractivity contribution in [2.45, 2.75) is 273 Å². The van der Waals surface area contributed by atoms with Gasteiger partial charge in [-0.3, -0.25) is 14.4 Å². The van der Waals surface area contributed by atoms with E-state index < -0.39 is 28.4 Å². The van der Waals surface area contributed by atoms with Gasteiger partial charge in [0.1, 0.15) is 46.5 Å². The maximum Gasteiger partial charge on any atom is 0.159 e. The van der Waals surface area contributed by atoms with Crippen molar-refractivity contribution in [1.82, 2.24) is 45.4 Å². The van der Waals surface area contributed by atoms with Gasteiger partial charge in [0, 0.05) is 17.8 Å². The Hall–Kier alpha value is -4.98. The molecule has 12 fully saturated rings. The summed E-state index contributed by atoms with van der Waals surface area (Å²) in [7, 11) is 0. The minimum atomic E-state index is -0.501. The molecular weight excluding hydrogens is 1380 g/mol. The second kappa shape index (κ2) is 27.8. The molecule has 18 rings (SSSR count). The van der Waals surface area contributed by atoms with Crippen molar-refractivity contribution < 1.29 is 42.9 Å². The molecule has 12 aliphatic carbocycles. The molecule has 19 heteroatoms. The normalized spacial score (nSPS) is 42.9. The number of Topliss-reactive ketones (excluding diaryl/α,β-unsaturated/α-hetero) is 3. The van der Waals surface area contributed by atoms with E-state index in [0.717, 1.165) is 126 Å². The zero-order valence-electron chi connectivity index (χ0n) is 62.7. The van der Waals surface area contributed by atoms with Crippen LogP contribution in [-0.2, 0) is 27.5 Å². The van der Waals surface area contributed by atoms with Crippen molar-refractivity contribution in [2.24, 2.45) is 121 Å². The number of ketones is 3. The Bertz CT molecular complexity index is 4160. The number of hydrogen-bond donors (Lipinski definition) is 4. The number of para-hydroxylation sites is 1. The van der Waals surface area contributed by atoms with Crippen LogP contribution in [0.3, 0.4) is 0 Å². The number of H-pyrrole nitrogens is 1. The molecule has 12 aliphatic rings. The van der Waals surface area contributed by atoms with Crippen LogP contribution < -0.4 is 0 Å². The molecule has 104 heavy (non-hydrogen) atoms. The summed E-state index contributed by atoms with van der Waals surface area (Å²) < 4.78 is 42.4. The largest absolute Gasteiger partial charge is 0.390 e. The van der Waals surface area contributed by atoms with E-state index in [2.05, 4.69) is 93.4 Å². The lowest BCUT2D eigenvalue weighted by Crippen LogP contribution is -2.55. The van der Waals surface area contributed by atoms with Crippen LogP contribution in [0.4, 0.5) is 13.2 Å². The number of benzene rings is 3. The first-order valence-corrected chi connectivity index (χ1v) is 41.2. The number of nitrogens with zero attached hydrogens (tertiary/aromatic N) is 8. The number of aromatic nitrogens is 9. The Morgan fingerprint density at radius 1 is 0.442 bits per heavy atom. The van der Waals surface area contributed by atoms with Crippen molar-refractivity contribution >= 4 is 66.4 Å². The molecule has 0 spiro atoms. The fourth-order valence-electron chi connectivity index (χ4n) is 27.4. The Morgan fingerprint density at radius 2 is 0.837 bits per heavy atom. The van der Waals surface area contributed by atoms with Crippen LogP contribution in [-0.4, -0.2) is 100 Å². The van der Waals surface area contributed by atoms with Crippen molar-refractivity contribution in [3.63, 3.8) is 0 Å². The van der Waals surface area contributed by atoms with Gasteiger partial charge in [0.05, 0.1) is 27.6 Å². The highest BCUT2D eigenvalue weighted by atomic mass is 79.9. The summed E-state index contributed by atoms with van der Waals surface area (Å²) in [4.78, 5) is 41.1. The van der Waals surface area contributed by atoms with Gasteiger partial charge >= 0.3 is 0 Å². The zero-order chi connectivity index (χ0) is 72.8. The predicted molar refractivity (Wildman–Crippen MR) is 402 cm³/mol. The van der Waals surface area contributed by atoms with Gasteiger partial charge in [-0.1, -0.05) is 88.3 Å². The number of halogens is 4. The first-order chi connectivity index (χ1) is 48.8. The first-order valence-electron chi connectivity index (χ1n) is 40.1. The fourth-order valence-corrected chi connectivity index (χ4v) is 27.8. The quantitative estimate of drug-likeness (QED) is 0.105. The lowest BCUT2D eigenvalue weighted by Gasteiger charge is -2.61. The van der Waals surface area contributed by atoms with Crippen LogP contribution in [0.15, 0.2) is 54.6 Å². The highest BCUT2D eigenvalue weighted by Gasteiger charge is 2.66. The number of hydrogen-bond acceptors (Lipinski definition) is 12. The molecule has 0 amide bonds. The van der Waals surface area contributed by atoms with E-state index in [1.807, 2.05) is 20.8 Å². The third kappa shape index (κ3) is 13.0. The molecule has 6 aromatic rings. The summed E-state index contributed by atoms with van der Waals surface area (Å²) in [6.07, 6.45) is 30.4. The molecule has 3 aromatic heterocycles. The van der Waals surface area contributed by atoms with Crippen molar-refractivity contribution in [3.05, 3.63) is 72.0 Å². The highest BCUT2D eigenvalue weighted by Crippen LogP contribution is 2.72. The lowest BCUT2D eigenvalue weighted by atomic mass is 9.44. The Morgan fingerprint density at radius 3 is 1.27 bits per heavy atom. The summed E-state index contributed by atoms with van der Waals surface area (Å²) >= 11 is 3.43. The van der Waals surface area contributed by atoms with E-state index in [0.29, 0.717) is 90.9 Å². The van der Waals surface area contributed by atoms with E-state index in [9.17, 15) is 42.9 Å². The van der Waals surface area contributed by atoms with Gasteiger partial charge in [-0.25, -0.2) is 17.9 Å². The van der Waals surface area contributed by atoms with Gasteiger partial charge < -0.3 is 15.3 Å². The van der Waals surface area contributed by atoms with Crippen molar-refractivity contribution in [3.8, 4) is 0 Å². The lowest BCUT2D eigenvalue weighted by molar-refractivity contribution is -0.151. The Kier molecular flexibility index (Phi) is 20.3. The van der Waals surface area contributed by atoms with Gasteiger partial charge in [-0.05, 0) is 334 Å². The Balaban J connectivity index is 0.000000124. The molecule has 0 bridgehead atoms. The maximum absolute atomic E-state index is 14.1. The van der Waals surface area contributed by atoms with Gasteiger partial charge in [-0.2, -0.15) is 25.3 Å². The van der Waals surface area contributed by atoms with Crippen LogP contribution in [0.2, 0.25) is 0 Å². The second-order valence-corrected chi connectivity index (χ2v) is 38.8. The number of rotatable bonds is 8. The van der Waals surface area contributed by atoms with Gasteiger partial charge in [-0.15, -0.1) is 10.2 Å². The van der Waals surface area contributed by atoms with Crippen molar-refractivity contribution in [1.29, 1.82) is 0 Å². The predicted octanol–water partition coefficient (Wildman–Crippen LogP) is 18.2. The van der Waals surface area contributed by atoms with Crippen LogP contribution in [0.25, 0.3) is 33.1 Å². The molecule has 3 aromatic carbocycles. The molecule has 3 heterocycles. The molecule has 0 radical (unpaired) electrons. The smallest absolute Gasteiger partial charge is 0.159 e. The van der Waals surface area contributed by atoms with Gasteiger partial charge in [0.2, 0.25) is 0 Å². The van der Waals surface area contributed by atoms with E-state index >= 15 is 0 Å². The number of aliphatic hydroxyl groups is 3. The first kappa shape index (κ1) is 75.8. The SMILES string of the molecule is C.C[C@@]1(O)CC[C@@]2(C)[C@H](CC[C@@H]3[C@@H]2CC[C@]2(C)[C@@H](C(=O)CBr)CC[C@@H]32)C1.C[C@@]1(O)CC[C@@]2(C)[C@H](CC[C@@H]3[C@@H]2CC[C@]2(C)[C@@H](C(=O)Cn4nc5cccc(F)c5n4)CC[C@@H]32)C1.C[C@@]1(O)CC[C@@]2(C)[C@H](CC[C@@H]3[C@@H]2CC[C@]2(C)[C@@H](C(=O)Cn4nnc5c(F)cccc54)CC[C@@H]32)C1.Fc1cccc2n[nH]nc12. The molecule has 0 aliphatic heterocycles. The summed E-state index contributed by atoms with van der Waals surface area (Å²) in [6.45, 7) is 21.2. The molecule has 12 saturated carbocycles. The number of fused-ring (bicyclic) bond motifs is 18. The molecule has 0 unspecified atom stereocenters. The van der Waals surface area contributed by atoms with E-state index in [4.69, 9.17) is 0 Å². The third-order valence-corrected chi connectivity index (χ3v) is 33.5. The maximum atomic E-state index is 14.1. The summed E-state index contributed by atoms with van der Waals surface area (Å²) in [5.74, 6) is 8.48. The van der Waals surface area contributed by atoms with Crippen LogP contribution in [0.1, 0.15) is 243 Å². The standard InChI is InChI=1S/2C28H38FN3O2.C22H35BrO2.C6H4FN3.CH4/c1-26(34)13-14-27(2)17(15-26)7-8-18-19-9-10-21(28(19,3)12-11-20(18)27)24(33)16-32-23-6-4-5-22(29)25(23)30-31-32;1-26(34)13-14-27(2)17(15-26)7-8-18-19-9-10-21(28(19,3)12-11-20(18)27)24(33)16-32-30-23-6-4-5-22(29)25(23)31-32;1-20(25)10-11-21(2)14(12-20)4-5-15-16-6-7-18(19(24)13-23)22(16,3)9-8-17(15)21;7-4-2-1-3-5-6(4)9-10-8-5;/h2*4-6,17-21,34H,7-16H2,1-3H3;14-18,25H,4-13H2,1-3H3;1-3H,(H,8,9,10);1H4/t2*17-,18+,19+,20+,21-,26-,27+,28+;14-,15+,16+,17+,18-,20-,21+,22+;;/m111../s1. The van der Waals surface area contributed by atoms with Crippen LogP contribution >= 0.6 is 15.9 Å². The fraction of sp³-hybridized carbons (Fsp3) is 0.753. The summed E-state index contributed by atoms with van der Waals surface area (Å²) in [5, 5.41) is 59.0. The minimum absolute atomic E-state index is 0. The van der Waals surface area contributed by atoms with Gasteiger partial charge in [0.15, 0.2) is 29.0 Å². The van der Waals surface area contributed by atoms with Crippen molar-refractivity contribution in [2.75, 3.05) is 5.33 Å². The number of carbonyl (C=O) groups is 3. The third-order valence-electron chi connectivity index (χ3n) is 33.0. The zero-order valence-corrected chi connectivity index (χ0v) is 64.3. The summed E-state index contributed by atoms with van der Waals surface area (Å²) in [5.41, 5.74) is 2.39. The Labute approximate surface area is 622 Å². The molecule has 15 nitrogen and oxygen atoms in total.